The molecule has 0 rings (SSSR count). The Morgan fingerprint density at radius 2 is 2.57 bits per heavy atom. The molecule has 4 heteroatoms. The highest BCUT2D eigenvalue weighted by Gasteiger charge is 1.95. The molecule has 1 unspecified atom stereocenters. The van der Waals surface area contributed by atoms with E-state index in [1.165, 1.54) is 0 Å². The minimum atomic E-state index is -0.475. The lowest BCUT2D eigenvalue weighted by Gasteiger charge is -1.98. The molecule has 0 aliphatic rings. The van der Waals surface area contributed by atoms with Crippen LogP contribution >= 0.6 is 0 Å². The summed E-state index contributed by atoms with van der Waals surface area (Å²) in [7, 11) is 0. The van der Waals surface area contributed by atoms with E-state index < -0.39 is 6.10 Å². The molecule has 0 aliphatic heterocycles. The maximum absolute atomic E-state index is 9.19. The summed E-state index contributed by atoms with van der Waals surface area (Å²) in [6.45, 7) is 1.37. The van der Waals surface area contributed by atoms with Gasteiger partial charge in [-0.2, -0.15) is 0 Å². The van der Waals surface area contributed by atoms with Gasteiger partial charge in [0.15, 0.2) is 11.4 Å². The second-order valence-corrected chi connectivity index (χ2v) is 1.17. The molecule has 0 amide bonds. The second kappa shape index (κ2) is 3.55. The average Bonchev–Trinajstić information content (AvgIpc) is 1.68. The monoisotopic (exact) mass is 105 g/mol. The van der Waals surface area contributed by atoms with Gasteiger partial charge in [0, 0.05) is 0 Å². The van der Waals surface area contributed by atoms with Crippen molar-refractivity contribution in [3.8, 4) is 0 Å². The van der Waals surface area contributed by atoms with Crippen LogP contribution < -0.4 is 0 Å². The van der Waals surface area contributed by atoms with E-state index in [1.54, 1.807) is 6.92 Å². The Kier molecular flexibility index (Phi) is 3.22. The van der Waals surface area contributed by atoms with Gasteiger partial charge in [0.05, 0.1) is 6.61 Å². The van der Waals surface area contributed by atoms with Gasteiger partial charge in [0.2, 0.25) is 0 Å². The van der Waals surface area contributed by atoms with E-state index in [9.17, 15) is 4.91 Å². The normalized spacial score (nSPS) is 12.9. The zero-order valence-corrected chi connectivity index (χ0v) is 4.00. The first-order chi connectivity index (χ1) is 3.31. The second-order valence-electron chi connectivity index (χ2n) is 1.17. The Morgan fingerprint density at radius 1 is 2.00 bits per heavy atom. The number of rotatable bonds is 3. The van der Waals surface area contributed by atoms with Gasteiger partial charge < -0.3 is 9.94 Å². The van der Waals surface area contributed by atoms with Crippen LogP contribution in [0.5, 0.6) is 0 Å². The smallest absolute Gasteiger partial charge is 0.155 e. The van der Waals surface area contributed by atoms with Crippen molar-refractivity contribution in [2.45, 2.75) is 13.0 Å². The Bertz CT molecular complexity index is 56.1. The predicted octanol–water partition coefficient (Wildman–Crippen LogP) is 0.0652. The molecule has 1 N–H and O–H groups in total. The Hall–Kier alpha value is -0.640. The third kappa shape index (κ3) is 3.18. The molecule has 0 saturated heterocycles. The number of hydrogen-bond donors (Lipinski definition) is 1. The van der Waals surface area contributed by atoms with Gasteiger partial charge in [-0.3, -0.25) is 0 Å². The van der Waals surface area contributed by atoms with Gasteiger partial charge in [-0.15, -0.1) is 4.91 Å². The van der Waals surface area contributed by atoms with E-state index in [2.05, 4.69) is 10.2 Å². The first-order valence-electron chi connectivity index (χ1n) is 1.90. The Morgan fingerprint density at radius 3 is 2.71 bits per heavy atom. The molecule has 0 fully saturated rings. The fraction of sp³-hybridized carbons (Fsp3) is 1.00. The summed E-state index contributed by atoms with van der Waals surface area (Å²) >= 11 is 0. The number of aliphatic hydroxyl groups excluding tert-OH is 1. The largest absolute Gasteiger partial charge is 0.392 e. The fourth-order valence-electron chi connectivity index (χ4n) is 0.107. The zero-order chi connectivity index (χ0) is 5.70. The van der Waals surface area contributed by atoms with Crippen LogP contribution in [0.2, 0.25) is 0 Å². The van der Waals surface area contributed by atoms with Crippen LogP contribution in [0.4, 0.5) is 0 Å². The van der Waals surface area contributed by atoms with Gasteiger partial charge in [-0.25, -0.2) is 0 Å². The summed E-state index contributed by atoms with van der Waals surface area (Å²) < 4.78 is 0. The molecule has 0 aromatic carbocycles. The first-order valence-corrected chi connectivity index (χ1v) is 1.90. The van der Waals surface area contributed by atoms with Crippen molar-refractivity contribution in [3.05, 3.63) is 4.91 Å². The molecule has 0 spiro atoms. The average molecular weight is 105 g/mol. The Labute approximate surface area is 41.0 Å². The quantitative estimate of drug-likeness (QED) is 0.408. The maximum Gasteiger partial charge on any atom is 0.155 e. The van der Waals surface area contributed by atoms with Crippen LogP contribution in [-0.2, 0) is 4.84 Å². The third-order valence-electron chi connectivity index (χ3n) is 0.480. The van der Waals surface area contributed by atoms with Crippen LogP contribution in [0.3, 0.4) is 0 Å². The summed E-state index contributed by atoms with van der Waals surface area (Å²) in [4.78, 5) is 13.2. The van der Waals surface area contributed by atoms with Crippen molar-refractivity contribution in [2.24, 2.45) is 5.34 Å². The molecule has 7 heavy (non-hydrogen) atoms. The summed E-state index contributed by atoms with van der Waals surface area (Å²) in [5.74, 6) is 0. The van der Waals surface area contributed by atoms with E-state index in [0.717, 1.165) is 0 Å². The molecule has 0 saturated carbocycles. The van der Waals surface area contributed by atoms with Gasteiger partial charge in [-0.05, 0) is 6.92 Å². The summed E-state index contributed by atoms with van der Waals surface area (Å²) in [6, 6.07) is 0. The van der Waals surface area contributed by atoms with Gasteiger partial charge in [0.1, 0.15) is 0 Å². The van der Waals surface area contributed by atoms with E-state index in [0.29, 0.717) is 0 Å². The highest BCUT2D eigenvalue weighted by Crippen LogP contribution is 1.85. The highest BCUT2D eigenvalue weighted by atomic mass is 16.7. The molecule has 0 heterocycles. The summed E-state index contributed by atoms with van der Waals surface area (Å²) in [5.41, 5.74) is 0. The van der Waals surface area contributed by atoms with Gasteiger partial charge in [-0.1, -0.05) is 0 Å². The molecule has 0 bridgehead atoms. The first kappa shape index (κ1) is 6.36. The van der Waals surface area contributed by atoms with Crippen molar-refractivity contribution in [1.82, 2.24) is 0 Å². The van der Waals surface area contributed by atoms with Crippen LogP contribution in [0.15, 0.2) is 5.34 Å². The number of aliphatic hydroxyl groups is 1. The SMILES string of the molecule is CC(CO)ON=O. The van der Waals surface area contributed by atoms with Crippen molar-refractivity contribution in [1.29, 1.82) is 0 Å². The van der Waals surface area contributed by atoms with Crippen LogP contribution in [0.1, 0.15) is 6.92 Å². The van der Waals surface area contributed by atoms with E-state index in [1.807, 2.05) is 0 Å². The predicted molar refractivity (Wildman–Crippen MR) is 23.4 cm³/mol. The van der Waals surface area contributed by atoms with Crippen LogP contribution in [-0.4, -0.2) is 17.8 Å². The van der Waals surface area contributed by atoms with Crippen LogP contribution in [0, 0.1) is 4.91 Å². The van der Waals surface area contributed by atoms with E-state index in [-0.39, 0.29) is 6.61 Å². The van der Waals surface area contributed by atoms with E-state index in [4.69, 9.17) is 5.11 Å². The lowest BCUT2D eigenvalue weighted by atomic mass is 10.5. The molecule has 0 radical (unpaired) electrons. The number of nitrogens with zero attached hydrogens (tertiary/aromatic N) is 1. The molecule has 1 atom stereocenters. The lowest BCUT2D eigenvalue weighted by Crippen LogP contribution is -2.08. The molecule has 0 aromatic rings. The summed E-state index contributed by atoms with van der Waals surface area (Å²) in [6.07, 6.45) is -0.475. The van der Waals surface area contributed by atoms with Crippen molar-refractivity contribution < 1.29 is 9.94 Å². The van der Waals surface area contributed by atoms with Gasteiger partial charge >= 0.3 is 0 Å². The van der Waals surface area contributed by atoms with Gasteiger partial charge in [0.25, 0.3) is 0 Å². The third-order valence-corrected chi connectivity index (χ3v) is 0.480. The zero-order valence-electron chi connectivity index (χ0n) is 4.00. The number of hydrogen-bond acceptors (Lipinski definition) is 4. The minimum Gasteiger partial charge on any atom is -0.392 e. The summed E-state index contributed by atoms with van der Waals surface area (Å²) in [5, 5.41) is 10.2. The van der Waals surface area contributed by atoms with Crippen molar-refractivity contribution >= 4 is 0 Å². The topological polar surface area (TPSA) is 58.9 Å². The molecule has 0 aliphatic carbocycles. The molecular formula is C3H7NO3. The van der Waals surface area contributed by atoms with E-state index >= 15 is 0 Å². The molecule has 42 valence electrons. The lowest BCUT2D eigenvalue weighted by molar-refractivity contribution is 0.0261. The molecule has 0 aromatic heterocycles. The Balaban J connectivity index is 2.98. The molecule has 4 nitrogen and oxygen atoms in total. The standard InChI is InChI=1S/C3H7NO3/c1-3(2-5)7-4-6/h3,5H,2H2,1H3. The minimum absolute atomic E-state index is 0.175. The van der Waals surface area contributed by atoms with Crippen LogP contribution in [0.25, 0.3) is 0 Å². The maximum atomic E-state index is 9.19. The van der Waals surface area contributed by atoms with Crippen molar-refractivity contribution in [3.63, 3.8) is 0 Å². The fourth-order valence-corrected chi connectivity index (χ4v) is 0.107. The molecular weight excluding hydrogens is 98.0 g/mol. The highest BCUT2D eigenvalue weighted by molar-refractivity contribution is 4.39. The van der Waals surface area contributed by atoms with Crippen molar-refractivity contribution in [2.75, 3.05) is 6.61 Å².